The lowest BCUT2D eigenvalue weighted by atomic mass is 9.70. The van der Waals surface area contributed by atoms with Crippen molar-refractivity contribution in [1.82, 2.24) is 0 Å². The number of benzene rings is 1. The summed E-state index contributed by atoms with van der Waals surface area (Å²) in [6.07, 6.45) is 7.51. The minimum absolute atomic E-state index is 0.246. The van der Waals surface area contributed by atoms with E-state index >= 15 is 0 Å². The Balaban J connectivity index is 1.71. The van der Waals surface area contributed by atoms with Crippen LogP contribution in [0.15, 0.2) is 41.0 Å². The van der Waals surface area contributed by atoms with Crippen LogP contribution < -0.4 is 0 Å². The van der Waals surface area contributed by atoms with Crippen molar-refractivity contribution in [1.29, 1.82) is 0 Å². The smallest absolute Gasteiger partial charge is 0.338 e. The maximum absolute atomic E-state index is 11.8. The minimum atomic E-state index is -0.246. The van der Waals surface area contributed by atoms with Crippen LogP contribution in [0.1, 0.15) is 76.2 Å². The van der Waals surface area contributed by atoms with E-state index in [1.807, 2.05) is 31.2 Å². The fraction of sp³-hybridized carbons (Fsp3) is 0.542. The van der Waals surface area contributed by atoms with Crippen molar-refractivity contribution in [3.8, 4) is 0 Å². The van der Waals surface area contributed by atoms with Gasteiger partial charge in [-0.2, -0.15) is 0 Å². The maximum Gasteiger partial charge on any atom is 0.338 e. The monoisotopic (exact) mass is 352 g/mol. The van der Waals surface area contributed by atoms with Gasteiger partial charge in [0, 0.05) is 0 Å². The van der Waals surface area contributed by atoms with E-state index in [9.17, 15) is 4.79 Å². The van der Waals surface area contributed by atoms with Crippen LogP contribution in [0.5, 0.6) is 0 Å². The highest BCUT2D eigenvalue weighted by atomic mass is 16.5. The third-order valence-electron chi connectivity index (χ3n) is 6.10. The molecule has 1 fully saturated rings. The third-order valence-corrected chi connectivity index (χ3v) is 6.10. The molecule has 0 saturated heterocycles. The number of hydrogen-bond acceptors (Lipinski definition) is 2. The molecule has 0 aliphatic heterocycles. The van der Waals surface area contributed by atoms with Crippen molar-refractivity contribution in [3.05, 3.63) is 52.1 Å². The first-order chi connectivity index (χ1) is 12.3. The molecular formula is C24H32O2. The number of hydrogen-bond donors (Lipinski definition) is 0. The normalized spacial score (nSPS) is 25.2. The Morgan fingerprint density at radius 3 is 2.58 bits per heavy atom. The Bertz CT molecular complexity index is 734. The van der Waals surface area contributed by atoms with Gasteiger partial charge in [0.1, 0.15) is 0 Å². The second-order valence-corrected chi connectivity index (χ2v) is 8.61. The highest BCUT2D eigenvalue weighted by Gasteiger charge is 2.46. The second kappa shape index (κ2) is 7.42. The molecule has 2 aliphatic rings. The van der Waals surface area contributed by atoms with Gasteiger partial charge in [-0.1, -0.05) is 48.8 Å². The van der Waals surface area contributed by atoms with Crippen LogP contribution in [0.4, 0.5) is 0 Å². The topological polar surface area (TPSA) is 26.3 Å². The first-order valence-electron chi connectivity index (χ1n) is 9.99. The summed E-state index contributed by atoms with van der Waals surface area (Å²) in [4.78, 5) is 11.8. The average molecular weight is 353 g/mol. The molecule has 1 aromatic rings. The molecule has 0 heterocycles. The van der Waals surface area contributed by atoms with E-state index in [1.54, 1.807) is 11.1 Å². The molecule has 1 aromatic carbocycles. The van der Waals surface area contributed by atoms with Crippen molar-refractivity contribution in [2.24, 2.45) is 17.3 Å². The van der Waals surface area contributed by atoms with Crippen molar-refractivity contribution >= 4 is 12.0 Å². The second-order valence-electron chi connectivity index (χ2n) is 8.61. The van der Waals surface area contributed by atoms with E-state index in [1.165, 1.54) is 31.3 Å². The van der Waals surface area contributed by atoms with E-state index in [4.69, 9.17) is 4.74 Å². The average Bonchev–Trinajstić information content (AvgIpc) is 3.35. The zero-order valence-corrected chi connectivity index (χ0v) is 16.9. The Hall–Kier alpha value is -1.83. The number of allylic oxidation sites excluding steroid dienone is 3. The summed E-state index contributed by atoms with van der Waals surface area (Å²) in [6.45, 7) is 11.7. The number of carbonyl (C=O) groups excluding carboxylic acids is 1. The lowest BCUT2D eigenvalue weighted by Crippen LogP contribution is -2.22. The third kappa shape index (κ3) is 3.95. The van der Waals surface area contributed by atoms with E-state index in [0.717, 1.165) is 11.5 Å². The van der Waals surface area contributed by atoms with Crippen molar-refractivity contribution in [3.63, 3.8) is 0 Å². The van der Waals surface area contributed by atoms with Gasteiger partial charge in [-0.05, 0) is 81.4 Å². The number of ether oxygens (including phenoxy) is 1. The summed E-state index contributed by atoms with van der Waals surface area (Å²) in [5.41, 5.74) is 6.98. The van der Waals surface area contributed by atoms with Gasteiger partial charge in [0.2, 0.25) is 0 Å². The Kier molecular flexibility index (Phi) is 5.41. The molecule has 2 atom stereocenters. The standard InChI is InChI=1S/C24H32O2/c1-6-26-23(25)19-11-9-18(10-12-19)14-17(3)20-15-21(20)22-16(2)8-7-13-24(22,4)5/h9-12,14,20-21H,6-8,13,15H2,1-5H3/b17-14+/t20-,21?/m1/s1. The largest absolute Gasteiger partial charge is 0.462 e. The minimum Gasteiger partial charge on any atom is -0.462 e. The fourth-order valence-electron chi connectivity index (χ4n) is 4.78. The molecule has 140 valence electrons. The predicted octanol–water partition coefficient (Wildman–Crippen LogP) is 6.43. The molecule has 1 saturated carbocycles. The first kappa shape index (κ1) is 18.9. The van der Waals surface area contributed by atoms with E-state index in [-0.39, 0.29) is 5.97 Å². The quantitative estimate of drug-likeness (QED) is 0.451. The van der Waals surface area contributed by atoms with Crippen LogP contribution in [0, 0.1) is 17.3 Å². The van der Waals surface area contributed by atoms with Gasteiger partial charge in [-0.3, -0.25) is 0 Å². The predicted molar refractivity (Wildman–Crippen MR) is 108 cm³/mol. The van der Waals surface area contributed by atoms with Gasteiger partial charge in [0.25, 0.3) is 0 Å². The molecule has 0 radical (unpaired) electrons. The van der Waals surface area contributed by atoms with E-state index in [2.05, 4.69) is 33.8 Å². The van der Waals surface area contributed by atoms with Crippen LogP contribution >= 0.6 is 0 Å². The van der Waals surface area contributed by atoms with Crippen LogP contribution in [-0.4, -0.2) is 12.6 Å². The molecule has 2 heteroatoms. The Labute approximate surface area is 158 Å². The lowest BCUT2D eigenvalue weighted by Gasteiger charge is -2.35. The SMILES string of the molecule is CCOC(=O)c1ccc(/C=C(\C)[C@H]2CC2C2=C(C)CCCC2(C)C)cc1. The maximum atomic E-state index is 11.8. The summed E-state index contributed by atoms with van der Waals surface area (Å²) in [5, 5.41) is 0. The molecule has 0 spiro atoms. The summed E-state index contributed by atoms with van der Waals surface area (Å²) < 4.78 is 5.05. The zero-order chi connectivity index (χ0) is 18.9. The molecule has 0 bridgehead atoms. The first-order valence-corrected chi connectivity index (χ1v) is 9.99. The molecule has 26 heavy (non-hydrogen) atoms. The van der Waals surface area contributed by atoms with Gasteiger partial charge < -0.3 is 4.74 Å². The lowest BCUT2D eigenvalue weighted by molar-refractivity contribution is 0.0526. The Morgan fingerprint density at radius 2 is 1.96 bits per heavy atom. The van der Waals surface area contributed by atoms with Gasteiger partial charge in [-0.25, -0.2) is 4.79 Å². The highest BCUT2D eigenvalue weighted by Crippen LogP contribution is 2.57. The van der Waals surface area contributed by atoms with Crippen molar-refractivity contribution < 1.29 is 9.53 Å². The molecule has 3 rings (SSSR count). The van der Waals surface area contributed by atoms with E-state index < -0.39 is 0 Å². The van der Waals surface area contributed by atoms with Gasteiger partial charge in [0.05, 0.1) is 12.2 Å². The molecule has 0 N–H and O–H groups in total. The number of rotatable bonds is 5. The number of carbonyl (C=O) groups is 1. The number of esters is 1. The van der Waals surface area contributed by atoms with Gasteiger partial charge in [0.15, 0.2) is 0 Å². The Morgan fingerprint density at radius 1 is 1.27 bits per heavy atom. The molecule has 1 unspecified atom stereocenters. The summed E-state index contributed by atoms with van der Waals surface area (Å²) in [5.74, 6) is 1.17. The molecule has 2 aliphatic carbocycles. The summed E-state index contributed by atoms with van der Waals surface area (Å²) >= 11 is 0. The van der Waals surface area contributed by atoms with Crippen molar-refractivity contribution in [2.45, 2.75) is 60.3 Å². The molecule has 2 nitrogen and oxygen atoms in total. The molecule has 0 aromatic heterocycles. The van der Waals surface area contributed by atoms with Crippen LogP contribution in [0.2, 0.25) is 0 Å². The molecular weight excluding hydrogens is 320 g/mol. The van der Waals surface area contributed by atoms with Gasteiger partial charge in [-0.15, -0.1) is 0 Å². The van der Waals surface area contributed by atoms with Crippen LogP contribution in [0.3, 0.4) is 0 Å². The van der Waals surface area contributed by atoms with Crippen LogP contribution in [-0.2, 0) is 4.74 Å². The van der Waals surface area contributed by atoms with Gasteiger partial charge >= 0.3 is 5.97 Å². The van der Waals surface area contributed by atoms with Crippen molar-refractivity contribution in [2.75, 3.05) is 6.61 Å². The van der Waals surface area contributed by atoms with Crippen LogP contribution in [0.25, 0.3) is 6.08 Å². The van der Waals surface area contributed by atoms with E-state index in [0.29, 0.717) is 23.5 Å². The highest BCUT2D eigenvalue weighted by molar-refractivity contribution is 5.89. The summed E-state index contributed by atoms with van der Waals surface area (Å²) in [7, 11) is 0. The summed E-state index contributed by atoms with van der Waals surface area (Å²) in [6, 6.07) is 7.75. The zero-order valence-electron chi connectivity index (χ0n) is 16.9. The molecule has 0 amide bonds. The fourth-order valence-corrected chi connectivity index (χ4v) is 4.78.